The lowest BCUT2D eigenvalue weighted by molar-refractivity contribution is -0.0879. The Hall–Kier alpha value is -0.203. The van der Waals surface area contributed by atoms with Crippen LogP contribution in [0.2, 0.25) is 18.1 Å². The van der Waals surface area contributed by atoms with Gasteiger partial charge in [-0.15, -0.1) is 0 Å². The Kier molecular flexibility index (Phi) is 6.44. The van der Waals surface area contributed by atoms with E-state index < -0.39 is 20.0 Å². The second-order valence-electron chi connectivity index (χ2n) is 8.17. The number of aliphatic hydroxyl groups excluding tert-OH is 2. The second-order valence-corrected chi connectivity index (χ2v) is 12.9. The Morgan fingerprint density at radius 3 is 2.36 bits per heavy atom. The molecule has 0 aromatic heterocycles. The molecule has 1 rings (SSSR count). The van der Waals surface area contributed by atoms with Gasteiger partial charge in [0.15, 0.2) is 8.32 Å². The summed E-state index contributed by atoms with van der Waals surface area (Å²) in [6.07, 6.45) is 3.42. The van der Waals surface area contributed by atoms with Gasteiger partial charge in [0.1, 0.15) is 0 Å². The van der Waals surface area contributed by atoms with E-state index in [0.717, 1.165) is 18.4 Å². The van der Waals surface area contributed by atoms with Crippen LogP contribution >= 0.6 is 0 Å². The Balaban J connectivity index is 3.07. The van der Waals surface area contributed by atoms with Gasteiger partial charge in [-0.1, -0.05) is 40.2 Å². The van der Waals surface area contributed by atoms with Crippen LogP contribution in [-0.4, -0.2) is 48.1 Å². The van der Waals surface area contributed by atoms with Gasteiger partial charge in [-0.2, -0.15) is 0 Å². The van der Waals surface area contributed by atoms with E-state index in [1.54, 1.807) is 0 Å². The zero-order chi connectivity index (χ0) is 17.2. The van der Waals surface area contributed by atoms with Gasteiger partial charge in [-0.3, -0.25) is 0 Å². The molecule has 1 fully saturated rings. The Bertz CT molecular complexity index is 400. The van der Waals surface area contributed by atoms with Crippen molar-refractivity contribution >= 4 is 8.32 Å². The molecular formula is C17H34O4Si. The first-order valence-corrected chi connectivity index (χ1v) is 11.3. The predicted molar refractivity (Wildman–Crippen MR) is 92.3 cm³/mol. The lowest BCUT2D eigenvalue weighted by atomic mass is 9.78. The van der Waals surface area contributed by atoms with Crippen molar-refractivity contribution < 1.29 is 19.7 Å². The van der Waals surface area contributed by atoms with E-state index in [1.807, 2.05) is 0 Å². The molecule has 0 saturated heterocycles. The molecule has 4 nitrogen and oxygen atoms in total. The molecule has 1 aliphatic carbocycles. The van der Waals surface area contributed by atoms with Crippen LogP contribution in [0.15, 0.2) is 11.6 Å². The van der Waals surface area contributed by atoms with Crippen LogP contribution < -0.4 is 0 Å². The highest BCUT2D eigenvalue weighted by atomic mass is 28.4. The molecular weight excluding hydrogens is 296 g/mol. The van der Waals surface area contributed by atoms with Gasteiger partial charge in [-0.05, 0) is 30.1 Å². The summed E-state index contributed by atoms with van der Waals surface area (Å²) in [6.45, 7) is 12.6. The third-order valence-corrected chi connectivity index (χ3v) is 9.59. The van der Waals surface area contributed by atoms with Crippen molar-refractivity contribution in [2.45, 2.75) is 89.3 Å². The molecule has 0 heterocycles. The third-order valence-electron chi connectivity index (χ3n) is 5.10. The number of allylic oxidation sites excluding steroid dienone is 1. The second kappa shape index (κ2) is 7.14. The Morgan fingerprint density at radius 1 is 1.32 bits per heavy atom. The SMILES string of the molecule is CCCC=C1[C@H](O)C[C@](O)(CO)C[C@H]1O[Si](C)(C)C(C)(C)C. The molecule has 3 atom stereocenters. The number of aliphatic hydroxyl groups is 3. The number of rotatable bonds is 5. The van der Waals surface area contributed by atoms with Crippen LogP contribution in [0.5, 0.6) is 0 Å². The summed E-state index contributed by atoms with van der Waals surface area (Å²) in [5.41, 5.74) is -0.375. The number of hydrogen-bond donors (Lipinski definition) is 3. The van der Waals surface area contributed by atoms with Gasteiger partial charge < -0.3 is 19.7 Å². The maximum Gasteiger partial charge on any atom is 0.192 e. The van der Waals surface area contributed by atoms with E-state index in [4.69, 9.17) is 4.43 Å². The predicted octanol–water partition coefficient (Wildman–Crippen LogP) is 2.98. The van der Waals surface area contributed by atoms with Crippen LogP contribution in [-0.2, 0) is 4.43 Å². The van der Waals surface area contributed by atoms with Gasteiger partial charge in [0.25, 0.3) is 0 Å². The number of unbranched alkanes of at least 4 members (excludes halogenated alkanes) is 1. The lowest BCUT2D eigenvalue weighted by Gasteiger charge is -2.46. The molecule has 130 valence electrons. The standard InChI is InChI=1S/C17H34O4Si/c1-7-8-9-13-14(19)10-17(20,12-18)11-15(13)21-22(5,6)16(2,3)4/h9,14-15,18-20H,7-8,10-12H2,1-6H3/t14-,15-,17-/m1/s1. The van der Waals surface area contributed by atoms with E-state index in [1.165, 1.54) is 0 Å². The summed E-state index contributed by atoms with van der Waals surface area (Å²) in [6, 6.07) is 0. The number of hydrogen-bond acceptors (Lipinski definition) is 4. The van der Waals surface area contributed by atoms with Crippen molar-refractivity contribution in [3.05, 3.63) is 11.6 Å². The largest absolute Gasteiger partial charge is 0.410 e. The van der Waals surface area contributed by atoms with Crippen LogP contribution in [0.3, 0.4) is 0 Å². The fraction of sp³-hybridized carbons (Fsp3) is 0.882. The maximum atomic E-state index is 10.5. The molecule has 0 spiro atoms. The molecule has 22 heavy (non-hydrogen) atoms. The fourth-order valence-electron chi connectivity index (χ4n) is 2.59. The lowest BCUT2D eigenvalue weighted by Crippen LogP contribution is -2.53. The van der Waals surface area contributed by atoms with Crippen molar-refractivity contribution in [1.82, 2.24) is 0 Å². The summed E-state index contributed by atoms with van der Waals surface area (Å²) >= 11 is 0. The minimum atomic E-state index is -2.02. The van der Waals surface area contributed by atoms with Crippen LogP contribution in [0.1, 0.15) is 53.4 Å². The smallest absolute Gasteiger partial charge is 0.192 e. The van der Waals surface area contributed by atoms with Crippen molar-refractivity contribution in [3.8, 4) is 0 Å². The van der Waals surface area contributed by atoms with Crippen molar-refractivity contribution in [3.63, 3.8) is 0 Å². The maximum absolute atomic E-state index is 10.5. The van der Waals surface area contributed by atoms with Crippen molar-refractivity contribution in [2.24, 2.45) is 0 Å². The van der Waals surface area contributed by atoms with E-state index in [-0.39, 0.29) is 24.2 Å². The summed E-state index contributed by atoms with van der Waals surface area (Å²) in [5, 5.41) is 30.4. The third kappa shape index (κ3) is 4.65. The quantitative estimate of drug-likeness (QED) is 0.535. The molecule has 0 amide bonds. The molecule has 0 bridgehead atoms. The molecule has 0 aliphatic heterocycles. The average Bonchev–Trinajstić information content (AvgIpc) is 2.36. The summed E-state index contributed by atoms with van der Waals surface area (Å²) in [4.78, 5) is 0. The molecule has 0 radical (unpaired) electrons. The van der Waals surface area contributed by atoms with Gasteiger partial charge in [0.05, 0.1) is 24.4 Å². The summed E-state index contributed by atoms with van der Waals surface area (Å²) in [7, 11) is -2.02. The highest BCUT2D eigenvalue weighted by Crippen LogP contribution is 2.42. The highest BCUT2D eigenvalue weighted by molar-refractivity contribution is 6.74. The van der Waals surface area contributed by atoms with Crippen LogP contribution in [0, 0.1) is 0 Å². The first-order valence-electron chi connectivity index (χ1n) is 8.35. The van der Waals surface area contributed by atoms with Gasteiger partial charge >= 0.3 is 0 Å². The Morgan fingerprint density at radius 2 is 1.91 bits per heavy atom. The molecule has 0 aromatic rings. The molecule has 5 heteroatoms. The van der Waals surface area contributed by atoms with E-state index in [9.17, 15) is 15.3 Å². The van der Waals surface area contributed by atoms with Gasteiger partial charge in [0.2, 0.25) is 0 Å². The zero-order valence-corrected chi connectivity index (χ0v) is 16.0. The molecule has 1 aliphatic rings. The van der Waals surface area contributed by atoms with E-state index >= 15 is 0 Å². The summed E-state index contributed by atoms with van der Waals surface area (Å²) < 4.78 is 6.46. The summed E-state index contributed by atoms with van der Waals surface area (Å²) in [5.74, 6) is 0. The minimum Gasteiger partial charge on any atom is -0.410 e. The first kappa shape index (κ1) is 19.8. The highest BCUT2D eigenvalue weighted by Gasteiger charge is 2.46. The molecule has 3 N–H and O–H groups in total. The monoisotopic (exact) mass is 330 g/mol. The van der Waals surface area contributed by atoms with Gasteiger partial charge in [-0.25, -0.2) is 0 Å². The molecule has 0 unspecified atom stereocenters. The van der Waals surface area contributed by atoms with Crippen molar-refractivity contribution in [2.75, 3.05) is 6.61 Å². The van der Waals surface area contributed by atoms with E-state index in [2.05, 4.69) is 46.9 Å². The average molecular weight is 331 g/mol. The molecule has 0 aromatic carbocycles. The topological polar surface area (TPSA) is 69.9 Å². The first-order chi connectivity index (χ1) is 9.96. The fourth-order valence-corrected chi connectivity index (χ4v) is 3.87. The minimum absolute atomic E-state index is 0.0581. The van der Waals surface area contributed by atoms with Crippen LogP contribution in [0.25, 0.3) is 0 Å². The van der Waals surface area contributed by atoms with E-state index in [0.29, 0.717) is 6.42 Å². The normalized spacial score (nSPS) is 32.5. The van der Waals surface area contributed by atoms with Crippen LogP contribution in [0.4, 0.5) is 0 Å². The molecule has 1 saturated carbocycles. The Labute approximate surface area is 136 Å². The van der Waals surface area contributed by atoms with Gasteiger partial charge in [0, 0.05) is 12.8 Å². The van der Waals surface area contributed by atoms with Crippen molar-refractivity contribution in [1.29, 1.82) is 0 Å². The zero-order valence-electron chi connectivity index (χ0n) is 15.0.